The van der Waals surface area contributed by atoms with Crippen LogP contribution in [0.2, 0.25) is 0 Å². The van der Waals surface area contributed by atoms with Crippen molar-refractivity contribution >= 4 is 0 Å². The molecule has 6 nitrogen and oxygen atoms in total. The molecule has 10 aromatic rings. The number of hydrogen-bond donors (Lipinski definition) is 0. The Balaban J connectivity index is 0.766. The molecule has 0 bridgehead atoms. The van der Waals surface area contributed by atoms with Gasteiger partial charge in [-0.1, -0.05) is 197 Å². The fourth-order valence-corrected chi connectivity index (χ4v) is 10.7. The van der Waals surface area contributed by atoms with Gasteiger partial charge < -0.3 is 18.9 Å². The van der Waals surface area contributed by atoms with Crippen molar-refractivity contribution in [3.05, 3.63) is 311 Å². The van der Waals surface area contributed by atoms with Crippen molar-refractivity contribution in [3.8, 4) is 34.4 Å². The minimum atomic E-state index is -0.226. The Hall–Kier alpha value is -8.74. The van der Waals surface area contributed by atoms with Crippen LogP contribution in [0.1, 0.15) is 108 Å². The summed E-state index contributed by atoms with van der Waals surface area (Å²) in [6.45, 7) is 6.89. The number of pyridine rings is 2. The largest absolute Gasteiger partial charge is 0.489 e. The number of benzene rings is 8. The fourth-order valence-electron chi connectivity index (χ4n) is 10.7. The zero-order valence-corrected chi connectivity index (χ0v) is 46.3. The summed E-state index contributed by atoms with van der Waals surface area (Å²) in [7, 11) is 0. The Morgan fingerprint density at radius 2 is 0.550 bits per heavy atom. The Kier molecular flexibility index (Phi) is 18.6. The standard InChI is InChI=1S/C74H72N2O4/c1-73(63-29-37-67(38-30-63)77-53-59-21-7-3-8-22-59,64-31-39-68(40-32-64)78-54-60-23-9-4-10-24-60)47-17-15-19-57-45-49-75-71(51-57)72-52-58(46-50-76-72)20-16-18-48-74(2,65-33-41-69(42-34-65)79-55-61-25-11-5-12-26-61)66-35-43-70(44-36-66)80-56-62-27-13-6-14-28-62/h3-14,21-46,49-52H,15-20,47-48,53-56H2,1-2H3. The molecule has 0 saturated carbocycles. The second-order valence-electron chi connectivity index (χ2n) is 21.4. The van der Waals surface area contributed by atoms with Crippen LogP contribution < -0.4 is 18.9 Å². The van der Waals surface area contributed by atoms with Crippen molar-refractivity contribution in [2.45, 2.75) is 102 Å². The highest BCUT2D eigenvalue weighted by Crippen LogP contribution is 2.40. The molecule has 0 atom stereocenters. The Bertz CT molecular complexity index is 3020. The van der Waals surface area contributed by atoms with E-state index in [1.807, 2.05) is 85.2 Å². The molecular weight excluding hydrogens is 981 g/mol. The molecule has 80 heavy (non-hydrogen) atoms. The monoisotopic (exact) mass is 1050 g/mol. The number of unbranched alkanes of at least 4 members (excludes halogenated alkanes) is 2. The van der Waals surface area contributed by atoms with Gasteiger partial charge in [0.05, 0.1) is 11.4 Å². The lowest BCUT2D eigenvalue weighted by molar-refractivity contribution is 0.305. The van der Waals surface area contributed by atoms with Crippen molar-refractivity contribution in [1.29, 1.82) is 0 Å². The quantitative estimate of drug-likeness (QED) is 0.0478. The van der Waals surface area contributed by atoms with E-state index >= 15 is 0 Å². The summed E-state index contributed by atoms with van der Waals surface area (Å²) in [6, 6.07) is 84.8. The smallest absolute Gasteiger partial charge is 0.119 e. The lowest BCUT2D eigenvalue weighted by atomic mass is 9.72. The first-order valence-corrected chi connectivity index (χ1v) is 28.3. The number of hydrogen-bond acceptors (Lipinski definition) is 6. The minimum Gasteiger partial charge on any atom is -0.489 e. The molecule has 0 unspecified atom stereocenters. The summed E-state index contributed by atoms with van der Waals surface area (Å²) in [5, 5.41) is 0. The van der Waals surface area contributed by atoms with Gasteiger partial charge in [-0.2, -0.15) is 0 Å². The second kappa shape index (κ2) is 27.2. The molecule has 0 aliphatic heterocycles. The van der Waals surface area contributed by atoms with Crippen LogP contribution in [0, 0.1) is 0 Å². The lowest BCUT2D eigenvalue weighted by Gasteiger charge is -2.32. The maximum atomic E-state index is 6.20. The van der Waals surface area contributed by atoms with Crippen molar-refractivity contribution < 1.29 is 18.9 Å². The van der Waals surface area contributed by atoms with Crippen LogP contribution in [-0.2, 0) is 50.1 Å². The first kappa shape index (κ1) is 54.6. The second-order valence-corrected chi connectivity index (χ2v) is 21.4. The summed E-state index contributed by atoms with van der Waals surface area (Å²) >= 11 is 0. The van der Waals surface area contributed by atoms with Gasteiger partial charge in [0, 0.05) is 23.2 Å². The van der Waals surface area contributed by atoms with E-state index in [2.05, 4.69) is 184 Å². The average Bonchev–Trinajstić information content (AvgIpc) is 3.54. The Labute approximate surface area is 474 Å². The van der Waals surface area contributed by atoms with Gasteiger partial charge in [0.1, 0.15) is 49.4 Å². The van der Waals surface area contributed by atoms with E-state index in [0.717, 1.165) is 108 Å². The molecule has 6 heteroatoms. The normalized spacial score (nSPS) is 11.5. The van der Waals surface area contributed by atoms with E-state index in [1.165, 1.54) is 33.4 Å². The summed E-state index contributed by atoms with van der Waals surface area (Å²) in [5.74, 6) is 3.46. The molecule has 0 radical (unpaired) electrons. The molecule has 8 aromatic carbocycles. The van der Waals surface area contributed by atoms with E-state index in [0.29, 0.717) is 26.4 Å². The number of aryl methyl sites for hydroxylation is 2. The molecule has 2 aromatic heterocycles. The number of nitrogens with zero attached hydrogens (tertiary/aromatic N) is 2. The van der Waals surface area contributed by atoms with Crippen LogP contribution in [0.15, 0.2) is 255 Å². The maximum Gasteiger partial charge on any atom is 0.119 e. The van der Waals surface area contributed by atoms with Crippen molar-refractivity contribution in [2.75, 3.05) is 0 Å². The summed E-state index contributed by atoms with van der Waals surface area (Å²) < 4.78 is 24.8. The van der Waals surface area contributed by atoms with Gasteiger partial charge in [0.25, 0.3) is 0 Å². The van der Waals surface area contributed by atoms with Gasteiger partial charge >= 0.3 is 0 Å². The Morgan fingerprint density at radius 3 is 0.812 bits per heavy atom. The van der Waals surface area contributed by atoms with Crippen LogP contribution in [0.5, 0.6) is 23.0 Å². The third-order valence-corrected chi connectivity index (χ3v) is 15.7. The lowest BCUT2D eigenvalue weighted by Crippen LogP contribution is -2.23. The number of aromatic nitrogens is 2. The van der Waals surface area contributed by atoms with Gasteiger partial charge in [-0.3, -0.25) is 9.97 Å². The number of ether oxygens (including phenoxy) is 4. The van der Waals surface area contributed by atoms with Crippen LogP contribution in [0.25, 0.3) is 11.4 Å². The molecule has 0 fully saturated rings. The van der Waals surface area contributed by atoms with Gasteiger partial charge in [-0.25, -0.2) is 0 Å². The highest BCUT2D eigenvalue weighted by Gasteiger charge is 2.30. The fraction of sp³-hybridized carbons (Fsp3) is 0.216. The van der Waals surface area contributed by atoms with Crippen molar-refractivity contribution in [1.82, 2.24) is 9.97 Å². The highest BCUT2D eigenvalue weighted by molar-refractivity contribution is 5.56. The minimum absolute atomic E-state index is 0.226. The first-order valence-electron chi connectivity index (χ1n) is 28.3. The third kappa shape index (κ3) is 14.9. The molecule has 2 heterocycles. The van der Waals surface area contributed by atoms with Gasteiger partial charge in [-0.15, -0.1) is 0 Å². The molecule has 0 saturated heterocycles. The van der Waals surface area contributed by atoms with Crippen LogP contribution in [0.4, 0.5) is 0 Å². The molecule has 0 amide bonds. The topological polar surface area (TPSA) is 62.7 Å². The van der Waals surface area contributed by atoms with Gasteiger partial charge in [-0.05, 0) is 167 Å². The van der Waals surface area contributed by atoms with E-state index in [9.17, 15) is 0 Å². The summed E-state index contributed by atoms with van der Waals surface area (Å²) in [6.07, 6.45) is 11.9. The van der Waals surface area contributed by atoms with Crippen molar-refractivity contribution in [2.24, 2.45) is 0 Å². The molecule has 0 N–H and O–H groups in total. The summed E-state index contributed by atoms with van der Waals surface area (Å²) in [5.41, 5.74) is 13.6. The number of rotatable bonds is 27. The van der Waals surface area contributed by atoms with Gasteiger partial charge in [0.15, 0.2) is 0 Å². The molecule has 10 rings (SSSR count). The molecule has 0 aliphatic carbocycles. The van der Waals surface area contributed by atoms with E-state index in [1.54, 1.807) is 0 Å². The SMILES string of the molecule is CC(CCCCc1ccnc(-c2cc(CCCCC(C)(c3ccc(OCc4ccccc4)cc3)c3ccc(OCc4ccccc4)cc3)ccn2)c1)(c1ccc(OCc2ccccc2)cc1)c1ccc(OCc2ccccc2)cc1. The molecule has 0 aliphatic rings. The van der Waals surface area contributed by atoms with Crippen LogP contribution in [-0.4, -0.2) is 9.97 Å². The van der Waals surface area contributed by atoms with Gasteiger partial charge in [0.2, 0.25) is 0 Å². The molecule has 402 valence electrons. The Morgan fingerprint density at radius 1 is 0.287 bits per heavy atom. The van der Waals surface area contributed by atoms with E-state index in [4.69, 9.17) is 28.9 Å². The third-order valence-electron chi connectivity index (χ3n) is 15.7. The van der Waals surface area contributed by atoms with Crippen LogP contribution in [0.3, 0.4) is 0 Å². The predicted octanol–water partition coefficient (Wildman–Crippen LogP) is 17.9. The molecular formula is C74H72N2O4. The zero-order valence-electron chi connectivity index (χ0n) is 46.3. The first-order chi connectivity index (χ1) is 39.3. The van der Waals surface area contributed by atoms with E-state index in [-0.39, 0.29) is 10.8 Å². The summed E-state index contributed by atoms with van der Waals surface area (Å²) in [4.78, 5) is 9.67. The average molecular weight is 1050 g/mol. The van der Waals surface area contributed by atoms with Crippen LogP contribution >= 0.6 is 0 Å². The highest BCUT2D eigenvalue weighted by atomic mass is 16.5. The predicted molar refractivity (Wildman–Crippen MR) is 324 cm³/mol. The maximum absolute atomic E-state index is 6.20. The molecule has 0 spiro atoms. The zero-order chi connectivity index (χ0) is 54.7. The van der Waals surface area contributed by atoms with Crippen molar-refractivity contribution in [3.63, 3.8) is 0 Å². The van der Waals surface area contributed by atoms with E-state index < -0.39 is 0 Å².